The number of ketones is 1. The highest BCUT2D eigenvalue weighted by atomic mass is 16.1. The monoisotopic (exact) mass is 206 g/mol. The minimum Gasteiger partial charge on any atom is -0.295 e. The summed E-state index contributed by atoms with van der Waals surface area (Å²) >= 11 is 0. The molecule has 0 aliphatic heterocycles. The van der Waals surface area contributed by atoms with Gasteiger partial charge in [-0.1, -0.05) is 32.3 Å². The maximum Gasteiger partial charge on any atom is 0.159 e. The van der Waals surface area contributed by atoms with Crippen molar-refractivity contribution in [3.05, 3.63) is 11.1 Å². The van der Waals surface area contributed by atoms with Crippen molar-refractivity contribution >= 4 is 5.78 Å². The van der Waals surface area contributed by atoms with Crippen LogP contribution in [0.4, 0.5) is 0 Å². The van der Waals surface area contributed by atoms with E-state index in [1.165, 1.54) is 49.7 Å². The molecule has 0 bridgehead atoms. The van der Waals surface area contributed by atoms with Crippen LogP contribution in [0.3, 0.4) is 0 Å². The van der Waals surface area contributed by atoms with Crippen LogP contribution < -0.4 is 0 Å². The fraction of sp³-hybridized carbons (Fsp3) is 0.786. The summed E-state index contributed by atoms with van der Waals surface area (Å²) in [6, 6.07) is 0. The molecular weight excluding hydrogens is 184 g/mol. The predicted octanol–water partition coefficient (Wildman–Crippen LogP) is 4.03. The summed E-state index contributed by atoms with van der Waals surface area (Å²) in [5.41, 5.74) is 3.03. The molecule has 0 amide bonds. The first-order chi connectivity index (χ1) is 7.17. The van der Waals surface area contributed by atoms with Crippen molar-refractivity contribution in [1.82, 2.24) is 0 Å². The average Bonchev–Trinajstić information content (AvgIpc) is 2.63. The molecule has 15 heavy (non-hydrogen) atoms. The van der Waals surface area contributed by atoms with Gasteiger partial charge >= 0.3 is 0 Å². The zero-order valence-corrected chi connectivity index (χ0v) is 10.1. The Hall–Kier alpha value is -0.590. The van der Waals surface area contributed by atoms with Crippen molar-refractivity contribution in [3.63, 3.8) is 0 Å². The molecule has 2 rings (SSSR count). The predicted molar refractivity (Wildman–Crippen MR) is 62.8 cm³/mol. The number of fused-ring (bicyclic) bond motifs is 1. The smallest absolute Gasteiger partial charge is 0.159 e. The van der Waals surface area contributed by atoms with E-state index < -0.39 is 0 Å². The molecule has 1 heteroatoms. The first-order valence-electron chi connectivity index (χ1n) is 6.43. The lowest BCUT2D eigenvalue weighted by Gasteiger charge is -2.18. The summed E-state index contributed by atoms with van der Waals surface area (Å²) in [5.74, 6) is 0.461. The molecule has 2 aliphatic rings. The van der Waals surface area contributed by atoms with Gasteiger partial charge in [-0.15, -0.1) is 0 Å². The zero-order chi connectivity index (χ0) is 10.9. The van der Waals surface area contributed by atoms with Gasteiger partial charge in [-0.2, -0.15) is 0 Å². The van der Waals surface area contributed by atoms with Gasteiger partial charge in [-0.3, -0.25) is 4.79 Å². The van der Waals surface area contributed by atoms with Crippen molar-refractivity contribution in [3.8, 4) is 0 Å². The van der Waals surface area contributed by atoms with Crippen LogP contribution in [0, 0.1) is 5.41 Å². The quantitative estimate of drug-likeness (QED) is 0.635. The van der Waals surface area contributed by atoms with E-state index in [9.17, 15) is 4.79 Å². The van der Waals surface area contributed by atoms with Gasteiger partial charge in [0.05, 0.1) is 0 Å². The van der Waals surface area contributed by atoms with Crippen LogP contribution in [-0.4, -0.2) is 5.78 Å². The number of carbonyl (C=O) groups excluding carboxylic acids is 1. The molecule has 0 spiro atoms. The van der Waals surface area contributed by atoms with Gasteiger partial charge in [0.2, 0.25) is 0 Å². The maximum atomic E-state index is 11.9. The molecular formula is C14H22O. The van der Waals surface area contributed by atoms with Crippen LogP contribution in [0.1, 0.15) is 65.2 Å². The summed E-state index contributed by atoms with van der Waals surface area (Å²) in [6.07, 6.45) is 9.32. The molecule has 0 unspecified atom stereocenters. The van der Waals surface area contributed by atoms with Crippen molar-refractivity contribution in [1.29, 1.82) is 0 Å². The third kappa shape index (κ3) is 1.89. The molecule has 2 aliphatic carbocycles. The lowest BCUT2D eigenvalue weighted by molar-refractivity contribution is -0.116. The highest BCUT2D eigenvalue weighted by Gasteiger charge is 2.43. The average molecular weight is 206 g/mol. The summed E-state index contributed by atoms with van der Waals surface area (Å²) in [5, 5.41) is 0. The molecule has 0 N–H and O–H groups in total. The molecule has 1 fully saturated rings. The second-order valence-electron chi connectivity index (χ2n) is 5.43. The molecule has 1 atom stereocenters. The highest BCUT2D eigenvalue weighted by Crippen LogP contribution is 2.52. The number of hydrogen-bond donors (Lipinski definition) is 0. The van der Waals surface area contributed by atoms with E-state index in [1.54, 1.807) is 0 Å². The van der Waals surface area contributed by atoms with E-state index in [0.29, 0.717) is 5.78 Å². The summed E-state index contributed by atoms with van der Waals surface area (Å²) in [7, 11) is 0. The van der Waals surface area contributed by atoms with Gasteiger partial charge in [-0.25, -0.2) is 0 Å². The molecule has 0 aromatic rings. The number of hydrogen-bond acceptors (Lipinski definition) is 1. The number of carbonyl (C=O) groups is 1. The number of Topliss-reactive ketones (excluding diaryl/α,β-unsaturated/α-hetero) is 1. The van der Waals surface area contributed by atoms with Crippen LogP contribution in [0.25, 0.3) is 0 Å². The fourth-order valence-electron chi connectivity index (χ4n) is 3.29. The van der Waals surface area contributed by atoms with Gasteiger partial charge in [0, 0.05) is 6.42 Å². The van der Waals surface area contributed by atoms with E-state index in [1.807, 2.05) is 0 Å². The molecule has 84 valence electrons. The van der Waals surface area contributed by atoms with Crippen LogP contribution >= 0.6 is 0 Å². The Balaban J connectivity index is 2.10. The normalized spacial score (nSPS) is 30.1. The zero-order valence-electron chi connectivity index (χ0n) is 10.1. The Morgan fingerprint density at radius 1 is 1.33 bits per heavy atom. The third-order valence-corrected chi connectivity index (χ3v) is 4.17. The van der Waals surface area contributed by atoms with Gasteiger partial charge in [0.1, 0.15) is 0 Å². The Labute approximate surface area is 92.9 Å². The van der Waals surface area contributed by atoms with Gasteiger partial charge < -0.3 is 0 Å². The second-order valence-corrected chi connectivity index (χ2v) is 5.43. The number of allylic oxidation sites excluding steroid dienone is 2. The summed E-state index contributed by atoms with van der Waals surface area (Å²) in [6.45, 7) is 4.51. The lowest BCUT2D eigenvalue weighted by Crippen LogP contribution is -2.10. The molecule has 1 nitrogen and oxygen atoms in total. The van der Waals surface area contributed by atoms with E-state index in [2.05, 4.69) is 13.8 Å². The van der Waals surface area contributed by atoms with E-state index in [0.717, 1.165) is 12.8 Å². The van der Waals surface area contributed by atoms with Crippen molar-refractivity contribution < 1.29 is 4.79 Å². The molecule has 0 heterocycles. The number of unbranched alkanes of at least 4 members (excludes halogenated alkanes) is 2. The van der Waals surface area contributed by atoms with Crippen LogP contribution in [0.2, 0.25) is 0 Å². The Kier molecular flexibility index (Phi) is 2.99. The molecule has 0 radical (unpaired) electrons. The Morgan fingerprint density at radius 3 is 2.87 bits per heavy atom. The van der Waals surface area contributed by atoms with Crippen LogP contribution in [0.15, 0.2) is 11.1 Å². The summed E-state index contributed by atoms with van der Waals surface area (Å²) in [4.78, 5) is 11.9. The summed E-state index contributed by atoms with van der Waals surface area (Å²) < 4.78 is 0. The lowest BCUT2D eigenvalue weighted by atomic mass is 9.85. The first-order valence-corrected chi connectivity index (χ1v) is 6.43. The highest BCUT2D eigenvalue weighted by molar-refractivity contribution is 6.00. The van der Waals surface area contributed by atoms with Crippen LogP contribution in [0.5, 0.6) is 0 Å². The van der Waals surface area contributed by atoms with Crippen LogP contribution in [-0.2, 0) is 4.79 Å². The van der Waals surface area contributed by atoms with Crippen molar-refractivity contribution in [2.75, 3.05) is 0 Å². The largest absolute Gasteiger partial charge is 0.295 e. The first kappa shape index (κ1) is 10.9. The fourth-order valence-corrected chi connectivity index (χ4v) is 3.29. The maximum absolute atomic E-state index is 11.9. The van der Waals surface area contributed by atoms with E-state index >= 15 is 0 Å². The Bertz CT molecular complexity index is 300. The van der Waals surface area contributed by atoms with Gasteiger partial charge in [-0.05, 0) is 43.1 Å². The van der Waals surface area contributed by atoms with E-state index in [-0.39, 0.29) is 5.41 Å². The minimum atomic E-state index is 0.276. The molecule has 0 saturated heterocycles. The molecule has 1 saturated carbocycles. The van der Waals surface area contributed by atoms with Gasteiger partial charge in [0.25, 0.3) is 0 Å². The van der Waals surface area contributed by atoms with Crippen molar-refractivity contribution in [2.45, 2.75) is 65.2 Å². The minimum absolute atomic E-state index is 0.276. The second kappa shape index (κ2) is 4.11. The SMILES string of the molecule is CCCCCC1=C2CCC[C@]2(C)CC1=O. The standard InChI is InChI=1S/C14H22O/c1-3-4-5-7-11-12-8-6-9-14(12,2)10-13(11)15/h3-10H2,1-2H3/t14-/m1/s1. The topological polar surface area (TPSA) is 17.1 Å². The molecule has 0 aromatic heterocycles. The van der Waals surface area contributed by atoms with E-state index in [4.69, 9.17) is 0 Å². The third-order valence-electron chi connectivity index (χ3n) is 4.17. The number of rotatable bonds is 4. The Morgan fingerprint density at radius 2 is 2.13 bits per heavy atom. The van der Waals surface area contributed by atoms with Gasteiger partial charge in [0.15, 0.2) is 5.78 Å². The van der Waals surface area contributed by atoms with Crippen molar-refractivity contribution in [2.24, 2.45) is 5.41 Å². The molecule has 0 aromatic carbocycles.